The molecule has 0 bridgehead atoms. The lowest BCUT2D eigenvalue weighted by Gasteiger charge is -2.44. The summed E-state index contributed by atoms with van der Waals surface area (Å²) < 4.78 is 2.17. The summed E-state index contributed by atoms with van der Waals surface area (Å²) in [5, 5.41) is 14.7. The van der Waals surface area contributed by atoms with Gasteiger partial charge in [-0.15, -0.1) is 0 Å². The first kappa shape index (κ1) is 14.6. The molecule has 0 amide bonds. The zero-order valence-corrected chi connectivity index (χ0v) is 13.0. The molecule has 2 rings (SSSR count). The molecule has 0 aromatic carbocycles. The first-order chi connectivity index (χ1) is 8.85. The van der Waals surface area contributed by atoms with Crippen molar-refractivity contribution in [2.75, 3.05) is 0 Å². The van der Waals surface area contributed by atoms with Crippen molar-refractivity contribution < 1.29 is 5.11 Å². The predicted molar refractivity (Wildman–Crippen MR) is 78.2 cm³/mol. The quantitative estimate of drug-likeness (QED) is 0.905. The van der Waals surface area contributed by atoms with Gasteiger partial charge in [0.1, 0.15) is 0 Å². The molecular weight excluding hydrogens is 236 g/mol. The minimum Gasteiger partial charge on any atom is -0.393 e. The van der Waals surface area contributed by atoms with Crippen LogP contribution < -0.4 is 0 Å². The van der Waals surface area contributed by atoms with Crippen molar-refractivity contribution in [3.05, 3.63) is 17.5 Å². The third-order valence-electron chi connectivity index (χ3n) is 5.06. The van der Waals surface area contributed by atoms with Crippen molar-refractivity contribution in [1.29, 1.82) is 0 Å². The maximum absolute atomic E-state index is 10.1. The van der Waals surface area contributed by atoms with Gasteiger partial charge in [0.15, 0.2) is 0 Å². The van der Waals surface area contributed by atoms with Crippen LogP contribution in [0.4, 0.5) is 0 Å². The van der Waals surface area contributed by atoms with Gasteiger partial charge in [0.05, 0.1) is 17.8 Å². The summed E-state index contributed by atoms with van der Waals surface area (Å²) >= 11 is 0. The van der Waals surface area contributed by atoms with E-state index in [0.717, 1.165) is 25.0 Å². The second-order valence-corrected chi connectivity index (χ2v) is 6.85. The van der Waals surface area contributed by atoms with Crippen LogP contribution in [0.5, 0.6) is 0 Å². The average Bonchev–Trinajstić information content (AvgIpc) is 2.68. The van der Waals surface area contributed by atoms with E-state index in [4.69, 9.17) is 0 Å². The fourth-order valence-corrected chi connectivity index (χ4v) is 3.55. The van der Waals surface area contributed by atoms with Gasteiger partial charge in [-0.3, -0.25) is 4.68 Å². The summed E-state index contributed by atoms with van der Waals surface area (Å²) in [6.07, 6.45) is 3.88. The lowest BCUT2D eigenvalue weighted by molar-refractivity contribution is 0.0164. The van der Waals surface area contributed by atoms with Crippen molar-refractivity contribution in [2.45, 2.75) is 72.4 Å². The second-order valence-electron chi connectivity index (χ2n) is 6.85. The highest BCUT2D eigenvalue weighted by atomic mass is 16.3. The zero-order chi connectivity index (χ0) is 14.2. The van der Waals surface area contributed by atoms with E-state index < -0.39 is 0 Å². The van der Waals surface area contributed by atoms with Crippen LogP contribution in [-0.2, 0) is 0 Å². The first-order valence-electron chi connectivity index (χ1n) is 7.56. The number of hydrogen-bond acceptors (Lipinski definition) is 2. The van der Waals surface area contributed by atoms with E-state index in [1.165, 1.54) is 12.1 Å². The summed E-state index contributed by atoms with van der Waals surface area (Å²) in [7, 11) is 0. The Morgan fingerprint density at radius 1 is 1.37 bits per heavy atom. The molecule has 0 radical (unpaired) electrons. The monoisotopic (exact) mass is 264 g/mol. The fraction of sp³-hybridized carbons (Fsp3) is 0.812. The number of aliphatic hydroxyl groups excluding tert-OH is 1. The standard InChI is InChI=1S/C16H28N2O/c1-6-16(4,5)14-8-7-13(19)10-15(14)18-12(3)9-11(2)17-18/h9,13-15,19H,6-8,10H2,1-5H3. The van der Waals surface area contributed by atoms with Crippen LogP contribution in [0.3, 0.4) is 0 Å². The molecule has 0 aliphatic heterocycles. The van der Waals surface area contributed by atoms with E-state index in [9.17, 15) is 5.11 Å². The topological polar surface area (TPSA) is 38.0 Å². The smallest absolute Gasteiger partial charge is 0.0596 e. The molecule has 0 spiro atoms. The SMILES string of the molecule is CCC(C)(C)C1CCC(O)CC1n1nc(C)cc1C. The van der Waals surface area contributed by atoms with Gasteiger partial charge in [0.2, 0.25) is 0 Å². The van der Waals surface area contributed by atoms with Gasteiger partial charge in [0, 0.05) is 5.69 Å². The van der Waals surface area contributed by atoms with Crippen LogP contribution in [0.15, 0.2) is 6.07 Å². The molecular formula is C16H28N2O. The van der Waals surface area contributed by atoms with Crippen LogP contribution in [-0.4, -0.2) is 21.0 Å². The highest BCUT2D eigenvalue weighted by Gasteiger charge is 2.40. The van der Waals surface area contributed by atoms with Gasteiger partial charge in [-0.1, -0.05) is 27.2 Å². The number of hydrogen-bond donors (Lipinski definition) is 1. The summed E-state index contributed by atoms with van der Waals surface area (Å²) in [4.78, 5) is 0. The molecule has 1 aromatic rings. The largest absolute Gasteiger partial charge is 0.393 e. The lowest BCUT2D eigenvalue weighted by Crippen LogP contribution is -2.39. The molecule has 1 aliphatic carbocycles. The first-order valence-corrected chi connectivity index (χ1v) is 7.56. The molecule has 1 fully saturated rings. The van der Waals surface area contributed by atoms with Gasteiger partial charge in [-0.2, -0.15) is 5.10 Å². The van der Waals surface area contributed by atoms with Gasteiger partial charge < -0.3 is 5.11 Å². The molecule has 1 aromatic heterocycles. The Labute approximate surface area is 117 Å². The number of nitrogens with zero attached hydrogens (tertiary/aromatic N) is 2. The zero-order valence-electron chi connectivity index (χ0n) is 13.0. The number of rotatable bonds is 3. The molecule has 3 heteroatoms. The van der Waals surface area contributed by atoms with Crippen molar-refractivity contribution in [3.63, 3.8) is 0 Å². The molecule has 1 N–H and O–H groups in total. The Hall–Kier alpha value is -0.830. The number of aliphatic hydroxyl groups is 1. The molecule has 1 heterocycles. The Morgan fingerprint density at radius 2 is 2.05 bits per heavy atom. The summed E-state index contributed by atoms with van der Waals surface area (Å²) in [5.41, 5.74) is 2.59. The van der Waals surface area contributed by atoms with Crippen molar-refractivity contribution in [2.24, 2.45) is 11.3 Å². The van der Waals surface area contributed by atoms with Gasteiger partial charge in [0.25, 0.3) is 0 Å². The van der Waals surface area contributed by atoms with E-state index >= 15 is 0 Å². The van der Waals surface area contributed by atoms with Crippen LogP contribution in [0.25, 0.3) is 0 Å². The summed E-state index contributed by atoms with van der Waals surface area (Å²) in [6.45, 7) is 11.1. The van der Waals surface area contributed by atoms with Crippen molar-refractivity contribution >= 4 is 0 Å². The van der Waals surface area contributed by atoms with E-state index in [-0.39, 0.29) is 6.10 Å². The van der Waals surface area contributed by atoms with E-state index in [1.54, 1.807) is 0 Å². The van der Waals surface area contributed by atoms with Crippen LogP contribution in [0.2, 0.25) is 0 Å². The summed E-state index contributed by atoms with van der Waals surface area (Å²) in [6, 6.07) is 2.48. The van der Waals surface area contributed by atoms with Crippen LogP contribution in [0.1, 0.15) is 63.9 Å². The molecule has 1 aliphatic rings. The van der Waals surface area contributed by atoms with Crippen LogP contribution >= 0.6 is 0 Å². The Balaban J connectivity index is 2.34. The number of aryl methyl sites for hydroxylation is 2. The third-order valence-corrected chi connectivity index (χ3v) is 5.06. The normalized spacial score (nSPS) is 28.6. The van der Waals surface area contributed by atoms with Gasteiger partial charge >= 0.3 is 0 Å². The fourth-order valence-electron chi connectivity index (χ4n) is 3.55. The number of aromatic nitrogens is 2. The molecule has 3 atom stereocenters. The van der Waals surface area contributed by atoms with Crippen molar-refractivity contribution in [3.8, 4) is 0 Å². The highest BCUT2D eigenvalue weighted by Crippen LogP contribution is 2.46. The average molecular weight is 264 g/mol. The maximum Gasteiger partial charge on any atom is 0.0596 e. The Bertz CT molecular complexity index is 436. The minimum absolute atomic E-state index is 0.169. The van der Waals surface area contributed by atoms with E-state index in [2.05, 4.69) is 43.5 Å². The van der Waals surface area contributed by atoms with E-state index in [0.29, 0.717) is 17.4 Å². The van der Waals surface area contributed by atoms with Gasteiger partial charge in [-0.05, 0) is 50.5 Å². The lowest BCUT2D eigenvalue weighted by atomic mass is 9.66. The minimum atomic E-state index is -0.169. The maximum atomic E-state index is 10.1. The Kier molecular flexibility index (Phi) is 4.05. The predicted octanol–water partition coefficient (Wildman–Crippen LogP) is 3.64. The Morgan fingerprint density at radius 3 is 2.58 bits per heavy atom. The van der Waals surface area contributed by atoms with Gasteiger partial charge in [-0.25, -0.2) is 0 Å². The third kappa shape index (κ3) is 2.86. The van der Waals surface area contributed by atoms with Crippen molar-refractivity contribution in [1.82, 2.24) is 9.78 Å². The molecule has 3 unspecified atom stereocenters. The van der Waals surface area contributed by atoms with Crippen LogP contribution in [0, 0.1) is 25.2 Å². The summed E-state index contributed by atoms with van der Waals surface area (Å²) in [5.74, 6) is 0.596. The molecule has 19 heavy (non-hydrogen) atoms. The molecule has 1 saturated carbocycles. The second kappa shape index (κ2) is 5.28. The highest BCUT2D eigenvalue weighted by molar-refractivity contribution is 5.09. The molecule has 108 valence electrons. The van der Waals surface area contributed by atoms with E-state index in [1.807, 2.05) is 6.92 Å². The molecule has 0 saturated heterocycles. The molecule has 3 nitrogen and oxygen atoms in total.